The molecule has 1 saturated heterocycles. The van der Waals surface area contributed by atoms with Crippen LogP contribution in [0.3, 0.4) is 0 Å². The number of nitrogens with zero attached hydrogens (tertiary/aromatic N) is 5. The fraction of sp³-hybridized carbons (Fsp3) is 0.500. The summed E-state index contributed by atoms with van der Waals surface area (Å²) in [6.07, 6.45) is 10.0. The minimum absolute atomic E-state index is 0.00356. The van der Waals surface area contributed by atoms with Crippen LogP contribution in [0.1, 0.15) is 36.3 Å². The van der Waals surface area contributed by atoms with Gasteiger partial charge in [-0.15, -0.1) is 0 Å². The fourth-order valence-corrected chi connectivity index (χ4v) is 3.44. The third-order valence-electron chi connectivity index (χ3n) is 5.25. The lowest BCUT2D eigenvalue weighted by atomic mass is 9.86. The van der Waals surface area contributed by atoms with E-state index < -0.39 is 5.54 Å². The molecule has 0 atom stereocenters. The summed E-state index contributed by atoms with van der Waals surface area (Å²) >= 11 is 0. The number of aromatic nitrogens is 4. The van der Waals surface area contributed by atoms with E-state index in [0.29, 0.717) is 31.8 Å². The second-order valence-electron chi connectivity index (χ2n) is 7.00. The molecule has 8 nitrogen and oxygen atoms in total. The Morgan fingerprint density at radius 1 is 1.12 bits per heavy atom. The average molecular weight is 354 g/mol. The largest absolute Gasteiger partial charge is 0.354 e. The van der Waals surface area contributed by atoms with Crippen molar-refractivity contribution < 1.29 is 9.59 Å². The molecule has 0 bridgehead atoms. The molecule has 136 valence electrons. The van der Waals surface area contributed by atoms with E-state index in [1.54, 1.807) is 34.2 Å². The maximum atomic E-state index is 13.0. The SMILES string of the molecule is O=C(c1ncccn1)N1CCC(C(=O)NCC2CC2)(n2cccn2)CC1. The number of nitrogens with one attached hydrogen (secondary N) is 1. The molecule has 1 N–H and O–H groups in total. The molecule has 2 amide bonds. The molecule has 26 heavy (non-hydrogen) atoms. The highest BCUT2D eigenvalue weighted by Gasteiger charge is 2.45. The Bertz CT molecular complexity index is 764. The standard InChI is InChI=1S/C18H22N6O2/c25-16(15-19-7-1-8-20-15)23-11-5-18(6-12-23,24-10-2-9-22-24)17(26)21-13-14-3-4-14/h1-2,7-10,14H,3-6,11-13H2,(H,21,26). The van der Waals surface area contributed by atoms with Crippen LogP contribution in [0, 0.1) is 5.92 Å². The zero-order valence-corrected chi connectivity index (χ0v) is 14.5. The summed E-state index contributed by atoms with van der Waals surface area (Å²) in [6.45, 7) is 1.66. The fourth-order valence-electron chi connectivity index (χ4n) is 3.44. The van der Waals surface area contributed by atoms with Gasteiger partial charge in [-0.3, -0.25) is 14.3 Å². The summed E-state index contributed by atoms with van der Waals surface area (Å²) in [4.78, 5) is 35.3. The van der Waals surface area contributed by atoms with Gasteiger partial charge in [-0.05, 0) is 43.7 Å². The molecule has 0 aromatic carbocycles. The summed E-state index contributed by atoms with van der Waals surface area (Å²) in [5.74, 6) is 0.608. The highest BCUT2D eigenvalue weighted by Crippen LogP contribution is 2.32. The number of hydrogen-bond acceptors (Lipinski definition) is 5. The number of likely N-dealkylation sites (tertiary alicyclic amines) is 1. The van der Waals surface area contributed by atoms with Crippen molar-refractivity contribution in [3.63, 3.8) is 0 Å². The molecule has 1 saturated carbocycles. The molecule has 2 aromatic rings. The van der Waals surface area contributed by atoms with Gasteiger partial charge in [0, 0.05) is 44.4 Å². The molecule has 4 rings (SSSR count). The monoisotopic (exact) mass is 354 g/mol. The van der Waals surface area contributed by atoms with E-state index in [-0.39, 0.29) is 17.6 Å². The molecule has 0 radical (unpaired) electrons. The molecule has 2 aliphatic rings. The highest BCUT2D eigenvalue weighted by atomic mass is 16.2. The molecule has 2 fully saturated rings. The van der Waals surface area contributed by atoms with Gasteiger partial charge in [-0.2, -0.15) is 5.10 Å². The Kier molecular flexibility index (Phi) is 4.40. The normalized spacial score (nSPS) is 19.2. The number of rotatable bonds is 5. The van der Waals surface area contributed by atoms with E-state index in [2.05, 4.69) is 20.4 Å². The molecular weight excluding hydrogens is 332 g/mol. The second kappa shape index (κ2) is 6.86. The van der Waals surface area contributed by atoms with Crippen LogP contribution in [-0.2, 0) is 10.3 Å². The van der Waals surface area contributed by atoms with Crippen molar-refractivity contribution >= 4 is 11.8 Å². The number of amides is 2. The van der Waals surface area contributed by atoms with Gasteiger partial charge in [0.2, 0.25) is 11.7 Å². The van der Waals surface area contributed by atoms with Crippen molar-refractivity contribution in [1.29, 1.82) is 0 Å². The minimum atomic E-state index is -0.743. The number of hydrogen-bond donors (Lipinski definition) is 1. The van der Waals surface area contributed by atoms with Gasteiger partial charge in [0.1, 0.15) is 5.54 Å². The average Bonchev–Trinajstić information content (AvgIpc) is 3.36. The molecule has 0 unspecified atom stereocenters. The Hall–Kier alpha value is -2.77. The van der Waals surface area contributed by atoms with Crippen molar-refractivity contribution in [3.05, 3.63) is 42.7 Å². The predicted molar refractivity (Wildman–Crippen MR) is 93.1 cm³/mol. The van der Waals surface area contributed by atoms with Gasteiger partial charge in [0.25, 0.3) is 5.91 Å². The Morgan fingerprint density at radius 2 is 1.85 bits per heavy atom. The van der Waals surface area contributed by atoms with E-state index in [1.165, 1.54) is 12.8 Å². The van der Waals surface area contributed by atoms with E-state index in [4.69, 9.17) is 0 Å². The van der Waals surface area contributed by atoms with Crippen LogP contribution in [0.25, 0.3) is 0 Å². The lowest BCUT2D eigenvalue weighted by Crippen LogP contribution is -2.56. The summed E-state index contributed by atoms with van der Waals surface area (Å²) in [6, 6.07) is 3.51. The second-order valence-corrected chi connectivity index (χ2v) is 7.00. The van der Waals surface area contributed by atoms with Crippen molar-refractivity contribution in [2.24, 2.45) is 5.92 Å². The molecule has 1 aliphatic carbocycles. The van der Waals surface area contributed by atoms with Crippen LogP contribution >= 0.6 is 0 Å². The van der Waals surface area contributed by atoms with Crippen molar-refractivity contribution in [2.45, 2.75) is 31.2 Å². The first-order chi connectivity index (χ1) is 12.7. The van der Waals surface area contributed by atoms with E-state index in [0.717, 1.165) is 6.54 Å². The molecule has 3 heterocycles. The summed E-state index contributed by atoms with van der Waals surface area (Å²) in [7, 11) is 0. The van der Waals surface area contributed by atoms with Gasteiger partial charge < -0.3 is 10.2 Å². The first kappa shape index (κ1) is 16.7. The van der Waals surface area contributed by atoms with Crippen LogP contribution in [0.15, 0.2) is 36.9 Å². The molecule has 0 spiro atoms. The van der Waals surface area contributed by atoms with Crippen LogP contribution in [0.2, 0.25) is 0 Å². The van der Waals surface area contributed by atoms with Gasteiger partial charge in [-0.1, -0.05) is 0 Å². The van der Waals surface area contributed by atoms with Gasteiger partial charge in [-0.25, -0.2) is 9.97 Å². The van der Waals surface area contributed by atoms with Crippen LogP contribution in [0.5, 0.6) is 0 Å². The van der Waals surface area contributed by atoms with Crippen LogP contribution < -0.4 is 5.32 Å². The zero-order chi connectivity index (χ0) is 18.0. The smallest absolute Gasteiger partial charge is 0.291 e. The maximum Gasteiger partial charge on any atom is 0.291 e. The highest BCUT2D eigenvalue weighted by molar-refractivity contribution is 5.91. The third kappa shape index (κ3) is 3.18. The number of carbonyl (C=O) groups is 2. The van der Waals surface area contributed by atoms with E-state index >= 15 is 0 Å². The van der Waals surface area contributed by atoms with Gasteiger partial charge >= 0.3 is 0 Å². The number of carbonyl (C=O) groups excluding carboxylic acids is 2. The topological polar surface area (TPSA) is 93.0 Å². The van der Waals surface area contributed by atoms with Crippen LogP contribution in [-0.4, -0.2) is 56.1 Å². The van der Waals surface area contributed by atoms with Crippen molar-refractivity contribution in [3.8, 4) is 0 Å². The zero-order valence-electron chi connectivity index (χ0n) is 14.5. The van der Waals surface area contributed by atoms with E-state index in [1.807, 2.05) is 12.3 Å². The van der Waals surface area contributed by atoms with Gasteiger partial charge in [0.05, 0.1) is 0 Å². The lowest BCUT2D eigenvalue weighted by Gasteiger charge is -2.40. The maximum absolute atomic E-state index is 13.0. The summed E-state index contributed by atoms with van der Waals surface area (Å²) in [5, 5.41) is 7.42. The molecule has 1 aliphatic heterocycles. The van der Waals surface area contributed by atoms with Crippen LogP contribution in [0.4, 0.5) is 0 Å². The van der Waals surface area contributed by atoms with Gasteiger partial charge in [0.15, 0.2) is 0 Å². The summed E-state index contributed by atoms with van der Waals surface area (Å²) < 4.78 is 1.75. The van der Waals surface area contributed by atoms with Crippen molar-refractivity contribution in [2.75, 3.05) is 19.6 Å². The molecule has 8 heteroatoms. The molecule has 2 aromatic heterocycles. The Labute approximate surface area is 151 Å². The molecular formula is C18H22N6O2. The van der Waals surface area contributed by atoms with E-state index in [9.17, 15) is 9.59 Å². The lowest BCUT2D eigenvalue weighted by molar-refractivity contribution is -0.133. The predicted octanol–water partition coefficient (Wildman–Crippen LogP) is 0.831. The quantitative estimate of drug-likeness (QED) is 0.858. The Balaban J connectivity index is 1.48. The first-order valence-corrected chi connectivity index (χ1v) is 9.04. The Morgan fingerprint density at radius 3 is 2.46 bits per heavy atom. The van der Waals surface area contributed by atoms with Crippen molar-refractivity contribution in [1.82, 2.24) is 30.0 Å². The minimum Gasteiger partial charge on any atom is -0.354 e. The number of piperidine rings is 1. The third-order valence-corrected chi connectivity index (χ3v) is 5.25. The summed E-state index contributed by atoms with van der Waals surface area (Å²) in [5.41, 5.74) is -0.743. The first-order valence-electron chi connectivity index (χ1n) is 9.04.